The summed E-state index contributed by atoms with van der Waals surface area (Å²) in [6.07, 6.45) is 0. The van der Waals surface area contributed by atoms with Crippen LogP contribution in [0.5, 0.6) is 0 Å². The number of fused-ring (bicyclic) bond motifs is 12. The molecule has 0 amide bonds. The summed E-state index contributed by atoms with van der Waals surface area (Å²) in [5.41, 5.74) is 12.5. The molecular weight excluding hydrogens is 895 g/mol. The number of pyridine rings is 1. The third-order valence-electron chi connectivity index (χ3n) is 15.2. The van der Waals surface area contributed by atoms with Crippen LogP contribution < -0.4 is 0 Å². The van der Waals surface area contributed by atoms with E-state index in [1.54, 1.807) is 0 Å². The van der Waals surface area contributed by atoms with Gasteiger partial charge in [0.15, 0.2) is 5.82 Å². The Bertz CT molecular complexity index is 4650. The second kappa shape index (κ2) is 16.9. The largest absolute Gasteiger partial charge is 0.247 e. The summed E-state index contributed by atoms with van der Waals surface area (Å²) in [5, 5.41) is 17.8. The fraction of sp³-hybridized carbons (Fsp3) is 0. The van der Waals surface area contributed by atoms with Gasteiger partial charge < -0.3 is 0 Å². The number of rotatable bonds is 6. The molecule has 0 aliphatic heterocycles. The third-order valence-corrected chi connectivity index (χ3v) is 15.2. The van der Waals surface area contributed by atoms with Crippen LogP contribution >= 0.6 is 0 Å². The lowest BCUT2D eigenvalue weighted by molar-refractivity contribution is 1.19. The van der Waals surface area contributed by atoms with Crippen molar-refractivity contribution in [2.24, 2.45) is 0 Å². The molecule has 2 aromatic heterocycles. The molecular formula is C71H43N3. The molecule has 15 aromatic rings. The lowest BCUT2D eigenvalue weighted by Gasteiger charge is -2.17. The van der Waals surface area contributed by atoms with Gasteiger partial charge in [0.25, 0.3) is 0 Å². The Hall–Kier alpha value is -9.83. The Morgan fingerprint density at radius 1 is 0.216 bits per heavy atom. The van der Waals surface area contributed by atoms with Gasteiger partial charge >= 0.3 is 0 Å². The first-order valence-corrected chi connectivity index (χ1v) is 25.3. The van der Waals surface area contributed by atoms with E-state index < -0.39 is 0 Å². The molecule has 342 valence electrons. The topological polar surface area (TPSA) is 38.7 Å². The second-order valence-electron chi connectivity index (χ2n) is 19.4. The molecule has 0 fully saturated rings. The highest BCUT2D eigenvalue weighted by molar-refractivity contribution is 6.25. The van der Waals surface area contributed by atoms with E-state index in [0.29, 0.717) is 5.82 Å². The third kappa shape index (κ3) is 6.86. The fourth-order valence-electron chi connectivity index (χ4n) is 11.7. The van der Waals surface area contributed by atoms with Crippen molar-refractivity contribution in [2.45, 2.75) is 0 Å². The van der Waals surface area contributed by atoms with E-state index in [1.807, 2.05) is 0 Å². The molecule has 2 heterocycles. The summed E-state index contributed by atoms with van der Waals surface area (Å²) in [4.78, 5) is 16.4. The minimum absolute atomic E-state index is 0.697. The SMILES string of the molecule is c1cc(-c2ccc(-c3cc(-c4cc5ccccc5c5ccccc45)nc(-c4cc5ccccc5c5ccccc45)n3)cc2)cc(-c2cc3c(-c4ccc5ccccc5c4)nc4ccccc4c3c3ccccc23)c1. The van der Waals surface area contributed by atoms with Crippen LogP contribution in [0.4, 0.5) is 0 Å². The Balaban J connectivity index is 0.880. The summed E-state index contributed by atoms with van der Waals surface area (Å²) in [5.74, 6) is 0.697. The van der Waals surface area contributed by atoms with Gasteiger partial charge in [0, 0.05) is 38.4 Å². The Kier molecular flexibility index (Phi) is 9.57. The predicted molar refractivity (Wildman–Crippen MR) is 312 cm³/mol. The van der Waals surface area contributed by atoms with E-state index in [2.05, 4.69) is 261 Å². The van der Waals surface area contributed by atoms with Crippen LogP contribution in [0, 0.1) is 0 Å². The van der Waals surface area contributed by atoms with Crippen molar-refractivity contribution in [3.63, 3.8) is 0 Å². The zero-order chi connectivity index (χ0) is 48.7. The van der Waals surface area contributed by atoms with Gasteiger partial charge in [-0.15, -0.1) is 0 Å². The molecule has 0 aliphatic carbocycles. The maximum Gasteiger partial charge on any atom is 0.161 e. The highest BCUT2D eigenvalue weighted by Crippen LogP contribution is 2.44. The standard InChI is InChI=1S/C71H43N3/c1-2-17-47-39-52(37-34-44(47)16-1)70-65-42-62(59-28-11-12-29-60(59)69(65)61-30-13-14-31-66(61)72-70)49-21-15-20-48(38-49)45-32-35-46(36-33-45)67-43-68(63-40-50-18-3-5-22-53(50)55-24-7-9-26-57(55)63)74-71(73-67)64-41-51-19-4-6-23-54(51)56-25-8-10-27-58(56)64/h1-43H. The highest BCUT2D eigenvalue weighted by Gasteiger charge is 2.20. The van der Waals surface area contributed by atoms with Crippen molar-refractivity contribution in [3.8, 4) is 67.4 Å². The predicted octanol–water partition coefficient (Wildman–Crippen LogP) is 19.1. The number of para-hydroxylation sites is 1. The molecule has 0 unspecified atom stereocenters. The second-order valence-corrected chi connectivity index (χ2v) is 19.4. The quantitative estimate of drug-likeness (QED) is 0.156. The van der Waals surface area contributed by atoms with Gasteiger partial charge in [-0.05, 0) is 129 Å². The minimum atomic E-state index is 0.697. The fourth-order valence-corrected chi connectivity index (χ4v) is 11.7. The van der Waals surface area contributed by atoms with Gasteiger partial charge in [0.1, 0.15) is 0 Å². The van der Waals surface area contributed by atoms with Crippen LogP contribution in [0.25, 0.3) is 154 Å². The molecule has 0 spiro atoms. The first-order valence-electron chi connectivity index (χ1n) is 25.3. The van der Waals surface area contributed by atoms with Gasteiger partial charge in [-0.2, -0.15) is 0 Å². The maximum absolute atomic E-state index is 5.49. The lowest BCUT2D eigenvalue weighted by atomic mass is 9.89. The van der Waals surface area contributed by atoms with Gasteiger partial charge in [-0.1, -0.05) is 218 Å². The number of hydrogen-bond donors (Lipinski definition) is 0. The van der Waals surface area contributed by atoms with Crippen LogP contribution in [-0.2, 0) is 0 Å². The monoisotopic (exact) mass is 937 g/mol. The van der Waals surface area contributed by atoms with Gasteiger partial charge in [-0.25, -0.2) is 15.0 Å². The van der Waals surface area contributed by atoms with Crippen molar-refractivity contribution < 1.29 is 0 Å². The van der Waals surface area contributed by atoms with Crippen molar-refractivity contribution >= 4 is 86.3 Å². The molecule has 0 N–H and O–H groups in total. The zero-order valence-electron chi connectivity index (χ0n) is 40.2. The Labute approximate surface area is 427 Å². The summed E-state index contributed by atoms with van der Waals surface area (Å²) in [6, 6.07) is 94.3. The van der Waals surface area contributed by atoms with E-state index in [4.69, 9.17) is 15.0 Å². The molecule has 3 nitrogen and oxygen atoms in total. The molecule has 0 aliphatic rings. The number of hydrogen-bond acceptors (Lipinski definition) is 3. The molecule has 3 heteroatoms. The summed E-state index contributed by atoms with van der Waals surface area (Å²) < 4.78 is 0. The summed E-state index contributed by atoms with van der Waals surface area (Å²) >= 11 is 0. The summed E-state index contributed by atoms with van der Waals surface area (Å²) in [6.45, 7) is 0. The average molecular weight is 938 g/mol. The number of aromatic nitrogens is 3. The average Bonchev–Trinajstić information content (AvgIpc) is 3.50. The van der Waals surface area contributed by atoms with Gasteiger partial charge in [-0.3, -0.25) is 0 Å². The summed E-state index contributed by atoms with van der Waals surface area (Å²) in [7, 11) is 0. The van der Waals surface area contributed by atoms with Crippen LogP contribution in [0.2, 0.25) is 0 Å². The molecule has 15 rings (SSSR count). The normalized spacial score (nSPS) is 11.8. The zero-order valence-corrected chi connectivity index (χ0v) is 40.2. The molecule has 74 heavy (non-hydrogen) atoms. The smallest absolute Gasteiger partial charge is 0.161 e. The Morgan fingerprint density at radius 2 is 0.730 bits per heavy atom. The van der Waals surface area contributed by atoms with E-state index in [0.717, 1.165) is 88.5 Å². The van der Waals surface area contributed by atoms with E-state index >= 15 is 0 Å². The van der Waals surface area contributed by atoms with Gasteiger partial charge in [0.05, 0.1) is 22.6 Å². The van der Waals surface area contributed by atoms with Crippen LogP contribution in [0.15, 0.2) is 261 Å². The van der Waals surface area contributed by atoms with Crippen molar-refractivity contribution in [1.29, 1.82) is 0 Å². The molecule has 0 radical (unpaired) electrons. The van der Waals surface area contributed by atoms with Crippen molar-refractivity contribution in [3.05, 3.63) is 261 Å². The molecule has 0 atom stereocenters. The molecule has 13 aromatic carbocycles. The van der Waals surface area contributed by atoms with Crippen LogP contribution in [-0.4, -0.2) is 15.0 Å². The maximum atomic E-state index is 5.49. The minimum Gasteiger partial charge on any atom is -0.247 e. The molecule has 0 saturated heterocycles. The first-order chi connectivity index (χ1) is 36.7. The first kappa shape index (κ1) is 41.9. The molecule has 0 saturated carbocycles. The highest BCUT2D eigenvalue weighted by atomic mass is 14.9. The van der Waals surface area contributed by atoms with Gasteiger partial charge in [0.2, 0.25) is 0 Å². The van der Waals surface area contributed by atoms with E-state index in [-0.39, 0.29) is 0 Å². The Morgan fingerprint density at radius 3 is 1.45 bits per heavy atom. The lowest BCUT2D eigenvalue weighted by Crippen LogP contribution is -1.98. The molecule has 0 bridgehead atoms. The number of nitrogens with zero attached hydrogens (tertiary/aromatic N) is 3. The van der Waals surface area contributed by atoms with Crippen LogP contribution in [0.1, 0.15) is 0 Å². The number of benzene rings is 13. The van der Waals surface area contributed by atoms with Crippen LogP contribution in [0.3, 0.4) is 0 Å². The van der Waals surface area contributed by atoms with E-state index in [9.17, 15) is 0 Å². The van der Waals surface area contributed by atoms with Crippen molar-refractivity contribution in [2.75, 3.05) is 0 Å². The van der Waals surface area contributed by atoms with E-state index in [1.165, 1.54) is 59.4 Å². The van der Waals surface area contributed by atoms with Crippen molar-refractivity contribution in [1.82, 2.24) is 15.0 Å².